The van der Waals surface area contributed by atoms with E-state index >= 15 is 0 Å². The normalized spacial score (nSPS) is 42.0. The lowest BCUT2D eigenvalue weighted by atomic mass is 9.61. The molecule has 2 rings (SSSR count). The molecule has 0 saturated heterocycles. The van der Waals surface area contributed by atoms with E-state index in [0.29, 0.717) is 6.42 Å². The third kappa shape index (κ3) is 1.97. The van der Waals surface area contributed by atoms with E-state index in [2.05, 4.69) is 0 Å². The van der Waals surface area contributed by atoms with E-state index in [1.165, 1.54) is 0 Å². The Hall–Kier alpha value is 0.130. The van der Waals surface area contributed by atoms with E-state index in [0.717, 1.165) is 25.7 Å². The average Bonchev–Trinajstić information content (AvgIpc) is 2.71. The molecule has 5 N–H and O–H groups in total. The first-order valence-electron chi connectivity index (χ1n) is 5.84. The second-order valence-corrected chi connectivity index (χ2v) is 5.14. The van der Waals surface area contributed by atoms with Gasteiger partial charge in [0, 0.05) is 12.6 Å². The number of nitrogens with two attached hydrogens (primary N) is 1. The summed E-state index contributed by atoms with van der Waals surface area (Å²) in [4.78, 5) is 0. The molecule has 96 valence electrons. The van der Waals surface area contributed by atoms with Crippen molar-refractivity contribution in [1.82, 2.24) is 0 Å². The molecule has 0 aliphatic heterocycles. The third-order valence-electron chi connectivity index (χ3n) is 4.52. The van der Waals surface area contributed by atoms with Crippen LogP contribution in [-0.2, 0) is 0 Å². The molecule has 0 amide bonds. The molecule has 0 heterocycles. The highest BCUT2D eigenvalue weighted by atomic mass is 35.5. The van der Waals surface area contributed by atoms with E-state index in [1.54, 1.807) is 0 Å². The van der Waals surface area contributed by atoms with E-state index in [-0.39, 0.29) is 36.4 Å². The van der Waals surface area contributed by atoms with Crippen LogP contribution in [-0.4, -0.2) is 40.2 Å². The van der Waals surface area contributed by atoms with Crippen LogP contribution in [0.2, 0.25) is 0 Å². The van der Waals surface area contributed by atoms with E-state index < -0.39 is 12.2 Å². The Bertz CT molecular complexity index is 229. The molecule has 2 fully saturated rings. The number of hydrogen-bond acceptors (Lipinski definition) is 4. The highest BCUT2D eigenvalue weighted by Crippen LogP contribution is 2.51. The van der Waals surface area contributed by atoms with Gasteiger partial charge in [-0.15, -0.1) is 12.4 Å². The first-order chi connectivity index (χ1) is 7.12. The predicted molar refractivity (Wildman–Crippen MR) is 63.3 cm³/mol. The Balaban J connectivity index is 0.00000128. The molecule has 0 aromatic rings. The first-order valence-corrected chi connectivity index (χ1v) is 5.84. The van der Waals surface area contributed by atoms with Crippen molar-refractivity contribution < 1.29 is 15.3 Å². The topological polar surface area (TPSA) is 86.7 Å². The lowest BCUT2D eigenvalue weighted by molar-refractivity contribution is -0.109. The van der Waals surface area contributed by atoms with Gasteiger partial charge in [-0.05, 0) is 30.6 Å². The number of halogens is 1. The monoisotopic (exact) mass is 251 g/mol. The number of hydrogen-bond donors (Lipinski definition) is 4. The van der Waals surface area contributed by atoms with Crippen LogP contribution in [0.3, 0.4) is 0 Å². The Morgan fingerprint density at radius 2 is 1.75 bits per heavy atom. The lowest BCUT2D eigenvalue weighted by Gasteiger charge is -2.49. The smallest absolute Gasteiger partial charge is 0.0955 e. The molecule has 5 heteroatoms. The molecule has 2 aliphatic rings. The zero-order chi connectivity index (χ0) is 11.1. The van der Waals surface area contributed by atoms with Crippen molar-refractivity contribution in [3.05, 3.63) is 0 Å². The van der Waals surface area contributed by atoms with E-state index in [9.17, 15) is 15.3 Å². The third-order valence-corrected chi connectivity index (χ3v) is 4.52. The maximum Gasteiger partial charge on any atom is 0.0955 e. The molecule has 4 nitrogen and oxygen atoms in total. The summed E-state index contributed by atoms with van der Waals surface area (Å²) in [6, 6.07) is -0.388. The van der Waals surface area contributed by atoms with Gasteiger partial charge in [0.2, 0.25) is 0 Å². The van der Waals surface area contributed by atoms with Crippen LogP contribution < -0.4 is 5.73 Å². The number of aliphatic hydroxyl groups is 3. The Kier molecular flexibility index (Phi) is 4.60. The van der Waals surface area contributed by atoms with E-state index in [4.69, 9.17) is 5.73 Å². The van der Waals surface area contributed by atoms with Crippen molar-refractivity contribution in [2.45, 2.75) is 50.4 Å². The zero-order valence-corrected chi connectivity index (χ0v) is 10.2. The van der Waals surface area contributed by atoms with Gasteiger partial charge in [0.05, 0.1) is 12.2 Å². The average molecular weight is 252 g/mol. The van der Waals surface area contributed by atoms with Gasteiger partial charge in [0.1, 0.15) is 0 Å². The van der Waals surface area contributed by atoms with Gasteiger partial charge < -0.3 is 21.1 Å². The maximum atomic E-state index is 9.83. The highest BCUT2D eigenvalue weighted by molar-refractivity contribution is 5.85. The molecule has 0 unspecified atom stereocenters. The van der Waals surface area contributed by atoms with E-state index in [1.807, 2.05) is 0 Å². The van der Waals surface area contributed by atoms with Crippen molar-refractivity contribution in [3.63, 3.8) is 0 Å². The van der Waals surface area contributed by atoms with Crippen LogP contribution in [0.15, 0.2) is 0 Å². The molecular formula is C11H22ClNO3. The Morgan fingerprint density at radius 1 is 1.19 bits per heavy atom. The summed E-state index contributed by atoms with van der Waals surface area (Å²) in [5.41, 5.74) is 5.92. The minimum atomic E-state index is -0.828. The van der Waals surface area contributed by atoms with Gasteiger partial charge in [-0.3, -0.25) is 0 Å². The van der Waals surface area contributed by atoms with Crippen LogP contribution in [0, 0.1) is 11.3 Å². The predicted octanol–water partition coefficient (Wildman–Crippen LogP) is 0.0299. The maximum absolute atomic E-state index is 9.83. The molecular weight excluding hydrogens is 230 g/mol. The van der Waals surface area contributed by atoms with Crippen molar-refractivity contribution in [2.24, 2.45) is 17.1 Å². The lowest BCUT2D eigenvalue weighted by Crippen LogP contribution is -2.61. The van der Waals surface area contributed by atoms with Gasteiger partial charge in [-0.25, -0.2) is 0 Å². The molecule has 1 spiro atoms. The highest BCUT2D eigenvalue weighted by Gasteiger charge is 2.53. The van der Waals surface area contributed by atoms with Gasteiger partial charge in [0.25, 0.3) is 0 Å². The van der Waals surface area contributed by atoms with Crippen LogP contribution in [0.25, 0.3) is 0 Å². The molecule has 0 bridgehead atoms. The molecule has 4 atom stereocenters. The van der Waals surface area contributed by atoms with Crippen LogP contribution in [0.1, 0.15) is 32.1 Å². The van der Waals surface area contributed by atoms with Crippen LogP contribution in [0.5, 0.6) is 0 Å². The standard InChI is InChI=1S/C11H21NO3.ClH/c12-10-9(15)8(14)5-7(6-13)11(10)3-1-2-4-11;/h7-10,13-15H,1-6,12H2;1H/t7-,8-,9+,10-;/m1./s1. The summed E-state index contributed by atoms with van der Waals surface area (Å²) >= 11 is 0. The summed E-state index contributed by atoms with van der Waals surface area (Å²) in [6.07, 6.45) is 3.06. The van der Waals surface area contributed by atoms with Crippen molar-refractivity contribution >= 4 is 12.4 Å². The largest absolute Gasteiger partial charge is 0.396 e. The Morgan fingerprint density at radius 3 is 2.25 bits per heavy atom. The number of aliphatic hydroxyl groups excluding tert-OH is 3. The van der Waals surface area contributed by atoms with Gasteiger partial charge in [0.15, 0.2) is 0 Å². The fourth-order valence-corrected chi connectivity index (χ4v) is 3.55. The van der Waals surface area contributed by atoms with Crippen LogP contribution >= 0.6 is 12.4 Å². The minimum absolute atomic E-state index is 0. The van der Waals surface area contributed by atoms with Crippen molar-refractivity contribution in [3.8, 4) is 0 Å². The second kappa shape index (κ2) is 5.19. The molecule has 2 aliphatic carbocycles. The molecule has 0 aromatic carbocycles. The van der Waals surface area contributed by atoms with Gasteiger partial charge >= 0.3 is 0 Å². The molecule has 16 heavy (non-hydrogen) atoms. The fourth-order valence-electron chi connectivity index (χ4n) is 3.55. The molecule has 2 saturated carbocycles. The zero-order valence-electron chi connectivity index (χ0n) is 9.38. The van der Waals surface area contributed by atoms with Gasteiger partial charge in [-0.2, -0.15) is 0 Å². The first kappa shape index (κ1) is 14.2. The van der Waals surface area contributed by atoms with Crippen LogP contribution in [0.4, 0.5) is 0 Å². The van der Waals surface area contributed by atoms with Crippen molar-refractivity contribution in [2.75, 3.05) is 6.61 Å². The molecule has 0 radical (unpaired) electrons. The Labute approximate surface area is 102 Å². The minimum Gasteiger partial charge on any atom is -0.396 e. The SMILES string of the molecule is Cl.N[C@@H]1[C@@H](O)[C@H](O)C[C@H](CO)C12CCCC2. The summed E-state index contributed by atoms with van der Waals surface area (Å²) in [6.45, 7) is 0.0669. The molecule has 0 aromatic heterocycles. The second-order valence-electron chi connectivity index (χ2n) is 5.14. The summed E-state index contributed by atoms with van der Waals surface area (Å²) in [7, 11) is 0. The number of rotatable bonds is 1. The fraction of sp³-hybridized carbons (Fsp3) is 1.00. The summed E-state index contributed by atoms with van der Waals surface area (Å²) in [5, 5.41) is 28.9. The van der Waals surface area contributed by atoms with Gasteiger partial charge in [-0.1, -0.05) is 12.8 Å². The summed E-state index contributed by atoms with van der Waals surface area (Å²) in [5.74, 6) is 0.0494. The van der Waals surface area contributed by atoms with Crippen molar-refractivity contribution in [1.29, 1.82) is 0 Å². The quantitative estimate of drug-likeness (QED) is 0.530. The summed E-state index contributed by atoms with van der Waals surface area (Å²) < 4.78 is 0.